The quantitative estimate of drug-likeness (QED) is 0.755. The van der Waals surface area contributed by atoms with Gasteiger partial charge in [0.2, 0.25) is 0 Å². The van der Waals surface area contributed by atoms with E-state index < -0.39 is 6.43 Å². The molecule has 0 amide bonds. The smallest absolute Gasteiger partial charge is 0.263 e. The molecule has 1 aromatic rings. The second-order valence-corrected chi connectivity index (χ2v) is 4.13. The van der Waals surface area contributed by atoms with Crippen molar-refractivity contribution >= 4 is 6.08 Å². The molecule has 4 heteroatoms. The maximum atomic E-state index is 12.4. The topological polar surface area (TPSA) is 21.3 Å². The third kappa shape index (κ3) is 5.38. The van der Waals surface area contributed by atoms with Gasteiger partial charge in [-0.25, -0.2) is 8.78 Å². The van der Waals surface area contributed by atoms with Crippen molar-refractivity contribution in [2.24, 2.45) is 0 Å². The average molecular weight is 255 g/mol. The maximum Gasteiger partial charge on any atom is 0.263 e. The summed E-state index contributed by atoms with van der Waals surface area (Å²) in [4.78, 5) is 0. The van der Waals surface area contributed by atoms with Crippen LogP contribution in [0, 0.1) is 0 Å². The van der Waals surface area contributed by atoms with Gasteiger partial charge in [0.1, 0.15) is 0 Å². The van der Waals surface area contributed by atoms with Crippen LogP contribution in [0.25, 0.3) is 6.08 Å². The van der Waals surface area contributed by atoms with E-state index in [1.165, 1.54) is 12.1 Å². The van der Waals surface area contributed by atoms with Crippen LogP contribution >= 0.6 is 0 Å². The van der Waals surface area contributed by atoms with Crippen molar-refractivity contribution in [2.75, 3.05) is 26.8 Å². The molecule has 0 saturated carbocycles. The van der Waals surface area contributed by atoms with Crippen LogP contribution in [-0.2, 0) is 4.74 Å². The highest BCUT2D eigenvalue weighted by Crippen LogP contribution is 2.19. The molecule has 1 rings (SSSR count). The summed E-state index contributed by atoms with van der Waals surface area (Å²) in [6, 6.07) is 6.34. The van der Waals surface area contributed by atoms with Gasteiger partial charge in [0.05, 0.1) is 6.61 Å². The fourth-order valence-corrected chi connectivity index (χ4v) is 1.53. The molecule has 0 bridgehead atoms. The van der Waals surface area contributed by atoms with Gasteiger partial charge in [-0.15, -0.1) is 0 Å². The third-order valence-corrected chi connectivity index (χ3v) is 2.49. The van der Waals surface area contributed by atoms with Crippen LogP contribution in [0.5, 0.6) is 0 Å². The summed E-state index contributed by atoms with van der Waals surface area (Å²) in [6.45, 7) is 4.24. The molecule has 0 radical (unpaired) electrons. The fraction of sp³-hybridized carbons (Fsp3) is 0.429. The highest BCUT2D eigenvalue weighted by atomic mass is 19.3. The molecular weight excluding hydrogens is 236 g/mol. The van der Waals surface area contributed by atoms with Crippen molar-refractivity contribution in [1.29, 1.82) is 0 Å². The van der Waals surface area contributed by atoms with E-state index in [-0.39, 0.29) is 5.56 Å². The normalized spacial score (nSPS) is 12.2. The van der Waals surface area contributed by atoms with Crippen LogP contribution in [0.15, 0.2) is 29.8 Å². The minimum Gasteiger partial charge on any atom is -0.383 e. The number of benzene rings is 1. The highest BCUT2D eigenvalue weighted by molar-refractivity contribution is 5.53. The Bertz CT molecular complexity index is 374. The Morgan fingerprint density at radius 2 is 2.00 bits per heavy atom. The first-order chi connectivity index (χ1) is 8.63. The molecule has 0 aromatic heterocycles. The standard InChI is InChI=1S/C14H19F2NO/c1-11(10-17-7-8-18-2)9-12-3-5-13(6-4-12)14(15)16/h3-6,9,14,17H,7-8,10H2,1-2H3/b11-9+. The molecule has 2 nitrogen and oxygen atoms in total. The molecule has 0 aliphatic rings. The predicted octanol–water partition coefficient (Wildman–Crippen LogP) is 3.26. The van der Waals surface area contributed by atoms with Gasteiger partial charge < -0.3 is 10.1 Å². The van der Waals surface area contributed by atoms with Gasteiger partial charge in [0.15, 0.2) is 0 Å². The first kappa shape index (κ1) is 14.8. The summed E-state index contributed by atoms with van der Waals surface area (Å²) < 4.78 is 29.7. The number of rotatable bonds is 7. The largest absolute Gasteiger partial charge is 0.383 e. The van der Waals surface area contributed by atoms with Crippen molar-refractivity contribution in [2.45, 2.75) is 13.3 Å². The molecule has 0 atom stereocenters. The van der Waals surface area contributed by atoms with Crippen LogP contribution in [-0.4, -0.2) is 26.8 Å². The summed E-state index contributed by atoms with van der Waals surface area (Å²) in [6.07, 6.45) is -0.422. The second kappa shape index (κ2) is 7.95. The van der Waals surface area contributed by atoms with Crippen molar-refractivity contribution in [3.63, 3.8) is 0 Å². The predicted molar refractivity (Wildman–Crippen MR) is 69.8 cm³/mol. The summed E-state index contributed by atoms with van der Waals surface area (Å²) in [7, 11) is 1.66. The Balaban J connectivity index is 2.49. The van der Waals surface area contributed by atoms with E-state index in [0.29, 0.717) is 6.61 Å². The number of hydrogen-bond acceptors (Lipinski definition) is 2. The molecular formula is C14H19F2NO. The molecule has 0 aliphatic heterocycles. The summed E-state index contributed by atoms with van der Waals surface area (Å²) in [5.41, 5.74) is 2.14. The lowest BCUT2D eigenvalue weighted by Gasteiger charge is -2.05. The van der Waals surface area contributed by atoms with Crippen LogP contribution in [0.2, 0.25) is 0 Å². The number of methoxy groups -OCH3 is 1. The summed E-state index contributed by atoms with van der Waals surface area (Å²) in [5, 5.41) is 3.22. The van der Waals surface area contributed by atoms with E-state index in [0.717, 1.165) is 24.2 Å². The minimum atomic E-state index is -2.40. The molecule has 0 saturated heterocycles. The Hall–Kier alpha value is -1.26. The zero-order valence-corrected chi connectivity index (χ0v) is 10.7. The van der Waals surface area contributed by atoms with Crippen LogP contribution in [0.1, 0.15) is 24.5 Å². The van der Waals surface area contributed by atoms with Crippen molar-refractivity contribution < 1.29 is 13.5 Å². The number of halogens is 2. The fourth-order valence-electron chi connectivity index (χ4n) is 1.53. The molecule has 1 N–H and O–H groups in total. The Morgan fingerprint density at radius 3 is 2.56 bits per heavy atom. The monoisotopic (exact) mass is 255 g/mol. The van der Waals surface area contributed by atoms with Crippen molar-refractivity contribution in [3.8, 4) is 0 Å². The van der Waals surface area contributed by atoms with E-state index in [1.54, 1.807) is 19.2 Å². The van der Waals surface area contributed by atoms with E-state index in [9.17, 15) is 8.78 Å². The first-order valence-corrected chi connectivity index (χ1v) is 5.88. The lowest BCUT2D eigenvalue weighted by atomic mass is 10.1. The molecule has 0 unspecified atom stereocenters. The van der Waals surface area contributed by atoms with Gasteiger partial charge in [0, 0.05) is 25.8 Å². The molecule has 18 heavy (non-hydrogen) atoms. The Kier molecular flexibility index (Phi) is 6.54. The lowest BCUT2D eigenvalue weighted by Crippen LogP contribution is -2.20. The molecule has 0 heterocycles. The average Bonchev–Trinajstić information content (AvgIpc) is 2.35. The molecule has 0 aliphatic carbocycles. The van der Waals surface area contributed by atoms with Crippen molar-refractivity contribution in [1.82, 2.24) is 5.32 Å². The van der Waals surface area contributed by atoms with Crippen LogP contribution in [0.4, 0.5) is 8.78 Å². The Morgan fingerprint density at radius 1 is 1.33 bits per heavy atom. The zero-order valence-electron chi connectivity index (χ0n) is 10.7. The van der Waals surface area contributed by atoms with Gasteiger partial charge in [-0.3, -0.25) is 0 Å². The number of hydrogen-bond donors (Lipinski definition) is 1. The van der Waals surface area contributed by atoms with Crippen molar-refractivity contribution in [3.05, 3.63) is 41.0 Å². The van der Waals surface area contributed by atoms with Gasteiger partial charge in [0.25, 0.3) is 6.43 Å². The summed E-state index contributed by atoms with van der Waals surface area (Å²) in [5.74, 6) is 0. The van der Waals surface area contributed by atoms with E-state index in [2.05, 4.69) is 5.32 Å². The first-order valence-electron chi connectivity index (χ1n) is 5.88. The van der Waals surface area contributed by atoms with Crippen LogP contribution < -0.4 is 5.32 Å². The second-order valence-electron chi connectivity index (χ2n) is 4.13. The van der Waals surface area contributed by atoms with Gasteiger partial charge in [-0.05, 0) is 12.5 Å². The maximum absolute atomic E-state index is 12.4. The zero-order chi connectivity index (χ0) is 13.4. The van der Waals surface area contributed by atoms with Gasteiger partial charge in [-0.2, -0.15) is 0 Å². The molecule has 0 spiro atoms. The van der Waals surface area contributed by atoms with Gasteiger partial charge >= 0.3 is 0 Å². The number of ether oxygens (including phenoxy) is 1. The molecule has 1 aromatic carbocycles. The number of nitrogens with one attached hydrogen (secondary N) is 1. The SMILES string of the molecule is COCCNC/C(C)=C/c1ccc(C(F)F)cc1. The third-order valence-electron chi connectivity index (χ3n) is 2.49. The van der Waals surface area contributed by atoms with E-state index in [4.69, 9.17) is 4.74 Å². The minimum absolute atomic E-state index is 0.0584. The number of alkyl halides is 2. The highest BCUT2D eigenvalue weighted by Gasteiger charge is 2.04. The molecule has 100 valence electrons. The lowest BCUT2D eigenvalue weighted by molar-refractivity contribution is 0.151. The summed E-state index contributed by atoms with van der Waals surface area (Å²) >= 11 is 0. The Labute approximate surface area is 107 Å². The van der Waals surface area contributed by atoms with Gasteiger partial charge in [-0.1, -0.05) is 35.9 Å². The van der Waals surface area contributed by atoms with E-state index >= 15 is 0 Å². The van der Waals surface area contributed by atoms with E-state index in [1.807, 2.05) is 13.0 Å². The van der Waals surface area contributed by atoms with Crippen LogP contribution in [0.3, 0.4) is 0 Å². The molecule has 0 fully saturated rings.